The molecular formula is C20H20N4O2. The van der Waals surface area contributed by atoms with Crippen molar-refractivity contribution in [3.05, 3.63) is 66.3 Å². The van der Waals surface area contributed by atoms with Crippen LogP contribution < -0.4 is 0 Å². The molecule has 2 aromatic heterocycles. The normalized spacial score (nSPS) is 15.8. The van der Waals surface area contributed by atoms with Gasteiger partial charge >= 0.3 is 0 Å². The number of hydrogen-bond donors (Lipinski definition) is 0. The summed E-state index contributed by atoms with van der Waals surface area (Å²) in [6.07, 6.45) is 4.99. The number of carbonyl (C=O) groups excluding carboxylic acids is 1. The lowest BCUT2D eigenvalue weighted by Crippen LogP contribution is -2.47. The average molecular weight is 348 g/mol. The average Bonchev–Trinajstić information content (AvgIpc) is 3.10. The van der Waals surface area contributed by atoms with Gasteiger partial charge < -0.3 is 9.32 Å². The zero-order valence-corrected chi connectivity index (χ0v) is 14.4. The maximum Gasteiger partial charge on any atom is 0.246 e. The fourth-order valence-corrected chi connectivity index (χ4v) is 3.06. The lowest BCUT2D eigenvalue weighted by Gasteiger charge is -2.33. The van der Waals surface area contributed by atoms with Crippen molar-refractivity contribution in [3.8, 4) is 0 Å². The van der Waals surface area contributed by atoms with E-state index in [4.69, 9.17) is 4.42 Å². The van der Waals surface area contributed by atoms with Gasteiger partial charge in [0.1, 0.15) is 5.52 Å². The number of amides is 1. The van der Waals surface area contributed by atoms with Gasteiger partial charge in [0.25, 0.3) is 0 Å². The number of aromatic nitrogens is 2. The highest BCUT2D eigenvalue weighted by Gasteiger charge is 2.20. The van der Waals surface area contributed by atoms with Crippen LogP contribution in [0.1, 0.15) is 11.6 Å². The summed E-state index contributed by atoms with van der Waals surface area (Å²) in [5.41, 5.74) is 2.58. The Balaban J connectivity index is 1.32. The van der Waals surface area contributed by atoms with E-state index in [1.165, 1.54) is 0 Å². The number of fused-ring (bicyclic) bond motifs is 1. The Labute approximate surface area is 151 Å². The van der Waals surface area contributed by atoms with Gasteiger partial charge in [-0.2, -0.15) is 0 Å². The molecule has 1 aromatic carbocycles. The summed E-state index contributed by atoms with van der Waals surface area (Å²) < 4.78 is 5.61. The maximum atomic E-state index is 12.4. The van der Waals surface area contributed by atoms with Crippen LogP contribution in [-0.4, -0.2) is 51.9 Å². The monoisotopic (exact) mass is 348 g/mol. The molecule has 26 heavy (non-hydrogen) atoms. The minimum atomic E-state index is -0.00950. The van der Waals surface area contributed by atoms with Crippen LogP contribution in [0.3, 0.4) is 0 Å². The SMILES string of the molecule is O=C(/C=C/c1nc2ccccc2o1)N1CCN(Cc2ccccn2)CC1. The predicted octanol–water partition coefficient (Wildman–Crippen LogP) is 2.58. The molecule has 0 N–H and O–H groups in total. The maximum absolute atomic E-state index is 12.4. The molecule has 0 spiro atoms. The Kier molecular flexibility index (Phi) is 4.75. The number of hydrogen-bond acceptors (Lipinski definition) is 5. The highest BCUT2D eigenvalue weighted by atomic mass is 16.3. The van der Waals surface area contributed by atoms with E-state index >= 15 is 0 Å². The minimum absolute atomic E-state index is 0.00950. The molecule has 1 amide bonds. The molecule has 1 saturated heterocycles. The molecule has 3 aromatic rings. The number of oxazole rings is 1. The van der Waals surface area contributed by atoms with Crippen LogP contribution in [0.2, 0.25) is 0 Å². The smallest absolute Gasteiger partial charge is 0.246 e. The van der Waals surface area contributed by atoms with Crippen LogP contribution in [-0.2, 0) is 11.3 Å². The third-order valence-electron chi connectivity index (χ3n) is 4.47. The van der Waals surface area contributed by atoms with Crippen molar-refractivity contribution in [2.24, 2.45) is 0 Å². The van der Waals surface area contributed by atoms with Crippen molar-refractivity contribution in [1.82, 2.24) is 19.8 Å². The lowest BCUT2D eigenvalue weighted by molar-refractivity contribution is -0.127. The van der Waals surface area contributed by atoms with Crippen LogP contribution in [0.15, 0.2) is 59.2 Å². The predicted molar refractivity (Wildman–Crippen MR) is 99.1 cm³/mol. The van der Waals surface area contributed by atoms with Gasteiger partial charge in [-0.1, -0.05) is 18.2 Å². The van der Waals surface area contributed by atoms with E-state index in [1.54, 1.807) is 12.2 Å². The first-order chi connectivity index (χ1) is 12.8. The van der Waals surface area contributed by atoms with E-state index in [9.17, 15) is 4.79 Å². The molecule has 6 nitrogen and oxygen atoms in total. The summed E-state index contributed by atoms with van der Waals surface area (Å²) in [4.78, 5) is 25.3. The highest BCUT2D eigenvalue weighted by Crippen LogP contribution is 2.15. The van der Waals surface area contributed by atoms with Gasteiger partial charge in [0, 0.05) is 51.1 Å². The zero-order chi connectivity index (χ0) is 17.8. The van der Waals surface area contributed by atoms with Gasteiger partial charge in [-0.25, -0.2) is 4.98 Å². The topological polar surface area (TPSA) is 62.5 Å². The Bertz CT molecular complexity index is 879. The second-order valence-electron chi connectivity index (χ2n) is 6.28. The molecule has 132 valence electrons. The van der Waals surface area contributed by atoms with Crippen molar-refractivity contribution in [3.63, 3.8) is 0 Å². The van der Waals surface area contributed by atoms with Gasteiger partial charge in [0.05, 0.1) is 5.69 Å². The van der Waals surface area contributed by atoms with Crippen LogP contribution >= 0.6 is 0 Å². The first-order valence-electron chi connectivity index (χ1n) is 8.73. The molecule has 0 saturated carbocycles. The van der Waals surface area contributed by atoms with E-state index in [0.29, 0.717) is 19.0 Å². The van der Waals surface area contributed by atoms with Crippen molar-refractivity contribution in [2.45, 2.75) is 6.54 Å². The molecular weight excluding hydrogens is 328 g/mol. The summed E-state index contributed by atoms with van der Waals surface area (Å²) in [6, 6.07) is 13.5. The van der Waals surface area contributed by atoms with E-state index in [2.05, 4.69) is 14.9 Å². The Hall–Kier alpha value is -2.99. The quantitative estimate of drug-likeness (QED) is 0.678. The third-order valence-corrected chi connectivity index (χ3v) is 4.47. The summed E-state index contributed by atoms with van der Waals surface area (Å²) in [5, 5.41) is 0. The van der Waals surface area contributed by atoms with E-state index in [-0.39, 0.29) is 5.91 Å². The number of piperazine rings is 1. The number of pyridine rings is 1. The third kappa shape index (κ3) is 3.81. The molecule has 0 radical (unpaired) electrons. The second kappa shape index (κ2) is 7.49. The van der Waals surface area contributed by atoms with Crippen LogP contribution in [0.4, 0.5) is 0 Å². The van der Waals surface area contributed by atoms with E-state index in [0.717, 1.165) is 36.4 Å². The lowest BCUT2D eigenvalue weighted by atomic mass is 10.2. The van der Waals surface area contributed by atoms with Gasteiger partial charge in [-0.3, -0.25) is 14.7 Å². The van der Waals surface area contributed by atoms with Crippen molar-refractivity contribution >= 4 is 23.1 Å². The molecule has 1 aliphatic heterocycles. The van der Waals surface area contributed by atoms with Gasteiger partial charge in [0.15, 0.2) is 5.58 Å². The van der Waals surface area contributed by atoms with E-state index in [1.807, 2.05) is 53.6 Å². The first kappa shape index (κ1) is 16.5. The minimum Gasteiger partial charge on any atom is -0.437 e. The van der Waals surface area contributed by atoms with Crippen molar-refractivity contribution in [2.75, 3.05) is 26.2 Å². The second-order valence-corrected chi connectivity index (χ2v) is 6.28. The highest BCUT2D eigenvalue weighted by molar-refractivity contribution is 5.91. The molecule has 0 atom stereocenters. The molecule has 0 bridgehead atoms. The standard InChI is InChI=1S/C20H20N4O2/c25-20(9-8-19-22-17-6-1-2-7-18(17)26-19)24-13-11-23(12-14-24)15-16-5-3-4-10-21-16/h1-10H,11-15H2/b9-8+. The summed E-state index contributed by atoms with van der Waals surface area (Å²) in [6.45, 7) is 3.94. The van der Waals surface area contributed by atoms with Crippen molar-refractivity contribution < 1.29 is 9.21 Å². The Morgan fingerprint density at radius 1 is 1.08 bits per heavy atom. The van der Waals surface area contributed by atoms with Gasteiger partial charge in [-0.05, 0) is 24.3 Å². The molecule has 3 heterocycles. The molecule has 1 aliphatic rings. The molecule has 0 aliphatic carbocycles. The zero-order valence-electron chi connectivity index (χ0n) is 14.4. The van der Waals surface area contributed by atoms with Crippen molar-refractivity contribution in [1.29, 1.82) is 0 Å². The number of carbonyl (C=O) groups is 1. The van der Waals surface area contributed by atoms with Gasteiger partial charge in [-0.15, -0.1) is 0 Å². The summed E-state index contributed by atoms with van der Waals surface area (Å²) >= 11 is 0. The van der Waals surface area contributed by atoms with Crippen LogP contribution in [0, 0.1) is 0 Å². The largest absolute Gasteiger partial charge is 0.437 e. The fraction of sp³-hybridized carbons (Fsp3) is 0.250. The summed E-state index contributed by atoms with van der Waals surface area (Å²) in [7, 11) is 0. The molecule has 1 fully saturated rings. The Morgan fingerprint density at radius 3 is 2.65 bits per heavy atom. The molecule has 0 unspecified atom stereocenters. The van der Waals surface area contributed by atoms with E-state index < -0.39 is 0 Å². The number of para-hydroxylation sites is 2. The number of rotatable bonds is 4. The first-order valence-corrected chi connectivity index (χ1v) is 8.73. The number of nitrogens with zero attached hydrogens (tertiary/aromatic N) is 4. The number of benzene rings is 1. The van der Waals surface area contributed by atoms with Crippen LogP contribution in [0.5, 0.6) is 0 Å². The molecule has 4 rings (SSSR count). The van der Waals surface area contributed by atoms with Crippen LogP contribution in [0.25, 0.3) is 17.2 Å². The van der Waals surface area contributed by atoms with Gasteiger partial charge in [0.2, 0.25) is 11.8 Å². The summed E-state index contributed by atoms with van der Waals surface area (Å²) in [5.74, 6) is 0.443. The fourth-order valence-electron chi connectivity index (χ4n) is 3.06. The molecule has 6 heteroatoms. The Morgan fingerprint density at radius 2 is 1.88 bits per heavy atom.